The van der Waals surface area contributed by atoms with Crippen LogP contribution in [0.4, 0.5) is 8.78 Å². The number of carbonyl (C=O) groups excluding carboxylic acids is 1. The molecule has 1 aromatic carbocycles. The highest BCUT2D eigenvalue weighted by atomic mass is 19.1. The zero-order valence-electron chi connectivity index (χ0n) is 8.44. The van der Waals surface area contributed by atoms with E-state index in [1.165, 1.54) is 0 Å². The van der Waals surface area contributed by atoms with Crippen LogP contribution in [-0.4, -0.2) is 26.5 Å². The van der Waals surface area contributed by atoms with Crippen LogP contribution in [0.15, 0.2) is 18.2 Å². The number of tetrazole rings is 1. The van der Waals surface area contributed by atoms with Crippen LogP contribution in [0.2, 0.25) is 0 Å². The van der Waals surface area contributed by atoms with Crippen LogP contribution in [0.25, 0.3) is 0 Å². The van der Waals surface area contributed by atoms with Gasteiger partial charge < -0.3 is 5.32 Å². The van der Waals surface area contributed by atoms with Crippen molar-refractivity contribution < 1.29 is 13.6 Å². The van der Waals surface area contributed by atoms with E-state index >= 15 is 0 Å². The molecule has 0 radical (unpaired) electrons. The summed E-state index contributed by atoms with van der Waals surface area (Å²) in [7, 11) is 0. The van der Waals surface area contributed by atoms with Gasteiger partial charge in [-0.05, 0) is 12.1 Å². The van der Waals surface area contributed by atoms with Crippen LogP contribution in [-0.2, 0) is 6.54 Å². The number of nitrogens with one attached hydrogen (secondary N) is 2. The number of benzene rings is 1. The first-order chi connectivity index (χ1) is 8.15. The summed E-state index contributed by atoms with van der Waals surface area (Å²) in [5.41, 5.74) is -0.106. The number of amides is 1. The van der Waals surface area contributed by atoms with Crippen molar-refractivity contribution in [3.63, 3.8) is 0 Å². The lowest BCUT2D eigenvalue weighted by Gasteiger charge is -2.02. The molecule has 0 bridgehead atoms. The van der Waals surface area contributed by atoms with Gasteiger partial charge in [-0.3, -0.25) is 4.79 Å². The Labute approximate surface area is 94.0 Å². The number of carbonyl (C=O) groups is 1. The summed E-state index contributed by atoms with van der Waals surface area (Å²) >= 11 is 0. The number of hydrogen-bond donors (Lipinski definition) is 2. The Morgan fingerprint density at radius 3 is 2.59 bits per heavy atom. The maximum absolute atomic E-state index is 12.8. The molecule has 1 aromatic heterocycles. The highest BCUT2D eigenvalue weighted by Crippen LogP contribution is 2.07. The fourth-order valence-electron chi connectivity index (χ4n) is 1.20. The quantitative estimate of drug-likeness (QED) is 0.812. The summed E-state index contributed by atoms with van der Waals surface area (Å²) < 4.78 is 25.7. The Morgan fingerprint density at radius 1 is 1.29 bits per heavy atom. The average molecular weight is 239 g/mol. The van der Waals surface area contributed by atoms with Crippen molar-refractivity contribution in [3.05, 3.63) is 41.2 Å². The average Bonchev–Trinajstić information content (AvgIpc) is 2.77. The van der Waals surface area contributed by atoms with E-state index in [0.717, 1.165) is 12.1 Å². The first-order valence-electron chi connectivity index (χ1n) is 4.62. The normalized spacial score (nSPS) is 10.2. The highest BCUT2D eigenvalue weighted by Gasteiger charge is 2.09. The molecular weight excluding hydrogens is 232 g/mol. The zero-order valence-corrected chi connectivity index (χ0v) is 8.44. The third kappa shape index (κ3) is 2.80. The number of aromatic amines is 1. The van der Waals surface area contributed by atoms with Gasteiger partial charge in [0.15, 0.2) is 5.82 Å². The number of H-pyrrole nitrogens is 1. The van der Waals surface area contributed by atoms with E-state index in [1.807, 2.05) is 0 Å². The Kier molecular flexibility index (Phi) is 3.03. The molecule has 1 amide bonds. The lowest BCUT2D eigenvalue weighted by molar-refractivity contribution is 0.0949. The maximum Gasteiger partial charge on any atom is 0.251 e. The van der Waals surface area contributed by atoms with E-state index in [4.69, 9.17) is 0 Å². The van der Waals surface area contributed by atoms with Gasteiger partial charge in [0.1, 0.15) is 11.6 Å². The molecule has 17 heavy (non-hydrogen) atoms. The lowest BCUT2D eigenvalue weighted by Crippen LogP contribution is -2.23. The van der Waals surface area contributed by atoms with Gasteiger partial charge in [-0.25, -0.2) is 8.78 Å². The summed E-state index contributed by atoms with van der Waals surface area (Å²) in [6, 6.07) is 2.57. The smallest absolute Gasteiger partial charge is 0.251 e. The monoisotopic (exact) mass is 239 g/mol. The molecule has 8 heteroatoms. The van der Waals surface area contributed by atoms with E-state index in [2.05, 4.69) is 25.9 Å². The molecule has 88 valence electrons. The summed E-state index contributed by atoms with van der Waals surface area (Å²) in [5.74, 6) is -1.96. The molecule has 0 fully saturated rings. The van der Waals surface area contributed by atoms with Crippen molar-refractivity contribution in [3.8, 4) is 0 Å². The molecule has 0 aliphatic heterocycles. The van der Waals surface area contributed by atoms with E-state index in [1.54, 1.807) is 0 Å². The summed E-state index contributed by atoms with van der Waals surface area (Å²) in [5, 5.41) is 15.1. The van der Waals surface area contributed by atoms with Crippen molar-refractivity contribution in [2.24, 2.45) is 0 Å². The van der Waals surface area contributed by atoms with Gasteiger partial charge in [0.05, 0.1) is 6.54 Å². The minimum atomic E-state index is -0.810. The minimum Gasteiger partial charge on any atom is -0.345 e. The Morgan fingerprint density at radius 2 is 2.00 bits per heavy atom. The van der Waals surface area contributed by atoms with Crippen molar-refractivity contribution in [1.29, 1.82) is 0 Å². The molecule has 0 saturated carbocycles. The van der Waals surface area contributed by atoms with Crippen LogP contribution >= 0.6 is 0 Å². The first-order valence-corrected chi connectivity index (χ1v) is 4.62. The second kappa shape index (κ2) is 4.64. The van der Waals surface area contributed by atoms with Crippen molar-refractivity contribution in [1.82, 2.24) is 25.9 Å². The SMILES string of the molecule is O=C(NCc1nn[nH]n1)c1cc(F)cc(F)c1. The van der Waals surface area contributed by atoms with Gasteiger partial charge >= 0.3 is 0 Å². The van der Waals surface area contributed by atoms with Crippen LogP contribution in [0.1, 0.15) is 16.2 Å². The van der Waals surface area contributed by atoms with Gasteiger partial charge in [-0.2, -0.15) is 5.21 Å². The van der Waals surface area contributed by atoms with Gasteiger partial charge in [0.2, 0.25) is 0 Å². The fourth-order valence-corrected chi connectivity index (χ4v) is 1.20. The van der Waals surface area contributed by atoms with Gasteiger partial charge in [0.25, 0.3) is 5.91 Å². The van der Waals surface area contributed by atoms with E-state index in [-0.39, 0.29) is 17.9 Å². The maximum atomic E-state index is 12.8. The standard InChI is InChI=1S/C9H7F2N5O/c10-6-1-5(2-7(11)3-6)9(17)12-4-8-13-15-16-14-8/h1-3H,4H2,(H,12,17)(H,13,14,15,16). The minimum absolute atomic E-state index is 0.0213. The van der Waals surface area contributed by atoms with Crippen LogP contribution in [0.5, 0.6) is 0 Å². The molecule has 0 unspecified atom stereocenters. The number of halogens is 2. The second-order valence-electron chi connectivity index (χ2n) is 3.17. The molecule has 2 aromatic rings. The second-order valence-corrected chi connectivity index (χ2v) is 3.17. The molecular formula is C9H7F2N5O. The Balaban J connectivity index is 2.04. The number of rotatable bonds is 3. The van der Waals surface area contributed by atoms with E-state index in [9.17, 15) is 13.6 Å². The lowest BCUT2D eigenvalue weighted by atomic mass is 10.2. The molecule has 0 atom stereocenters. The van der Waals surface area contributed by atoms with Crippen LogP contribution in [0.3, 0.4) is 0 Å². The number of nitrogens with zero attached hydrogens (tertiary/aromatic N) is 3. The third-order valence-electron chi connectivity index (χ3n) is 1.92. The zero-order chi connectivity index (χ0) is 12.3. The molecule has 0 saturated heterocycles. The van der Waals surface area contributed by atoms with Gasteiger partial charge in [0, 0.05) is 11.6 Å². The van der Waals surface area contributed by atoms with E-state index < -0.39 is 17.5 Å². The largest absolute Gasteiger partial charge is 0.345 e. The summed E-state index contributed by atoms with van der Waals surface area (Å²) in [6.45, 7) is 0.0213. The summed E-state index contributed by atoms with van der Waals surface area (Å²) in [6.07, 6.45) is 0. The summed E-state index contributed by atoms with van der Waals surface area (Å²) in [4.78, 5) is 11.5. The predicted octanol–water partition coefficient (Wildman–Crippen LogP) is 0.408. The molecule has 0 aliphatic rings. The number of aromatic nitrogens is 4. The molecule has 0 aliphatic carbocycles. The van der Waals surface area contributed by atoms with Crippen molar-refractivity contribution in [2.75, 3.05) is 0 Å². The van der Waals surface area contributed by atoms with Crippen molar-refractivity contribution in [2.45, 2.75) is 6.54 Å². The first kappa shape index (κ1) is 11.1. The van der Waals surface area contributed by atoms with Crippen LogP contribution in [0, 0.1) is 11.6 Å². The molecule has 6 nitrogen and oxygen atoms in total. The van der Waals surface area contributed by atoms with E-state index in [0.29, 0.717) is 6.07 Å². The Hall–Kier alpha value is -2.38. The topological polar surface area (TPSA) is 83.6 Å². The van der Waals surface area contributed by atoms with Crippen molar-refractivity contribution >= 4 is 5.91 Å². The molecule has 2 rings (SSSR count). The molecule has 2 N–H and O–H groups in total. The highest BCUT2D eigenvalue weighted by molar-refractivity contribution is 5.94. The predicted molar refractivity (Wildman–Crippen MR) is 51.7 cm³/mol. The third-order valence-corrected chi connectivity index (χ3v) is 1.92. The van der Waals surface area contributed by atoms with Crippen LogP contribution < -0.4 is 5.32 Å². The number of hydrogen-bond acceptors (Lipinski definition) is 4. The molecule has 1 heterocycles. The van der Waals surface area contributed by atoms with Gasteiger partial charge in [-0.1, -0.05) is 5.21 Å². The molecule has 0 spiro atoms. The Bertz CT molecular complexity index is 508. The fraction of sp³-hybridized carbons (Fsp3) is 0.111. The van der Waals surface area contributed by atoms with Gasteiger partial charge in [-0.15, -0.1) is 10.2 Å².